The van der Waals surface area contributed by atoms with Crippen LogP contribution in [0, 0.1) is 6.92 Å². The molecule has 0 spiro atoms. The van der Waals surface area contributed by atoms with Crippen molar-refractivity contribution in [2.45, 2.75) is 44.8 Å². The number of anilines is 2. The molecule has 0 radical (unpaired) electrons. The summed E-state index contributed by atoms with van der Waals surface area (Å²) in [6.07, 6.45) is 5.38. The summed E-state index contributed by atoms with van der Waals surface area (Å²) in [4.78, 5) is 2.49. The highest BCUT2D eigenvalue weighted by Crippen LogP contribution is 2.30. The van der Waals surface area contributed by atoms with E-state index in [1.165, 1.54) is 42.9 Å². The molecule has 104 valence electrons. The monoisotopic (exact) mass is 260 g/mol. The molecule has 19 heavy (non-hydrogen) atoms. The second-order valence-corrected chi connectivity index (χ2v) is 5.86. The topological polar surface area (TPSA) is 24.5 Å². The van der Waals surface area contributed by atoms with Gasteiger partial charge in [0.15, 0.2) is 0 Å². The van der Waals surface area contributed by atoms with Crippen LogP contribution in [0.1, 0.15) is 31.2 Å². The van der Waals surface area contributed by atoms with Gasteiger partial charge in [-0.05, 0) is 56.4 Å². The van der Waals surface area contributed by atoms with Crippen LogP contribution in [0.25, 0.3) is 0 Å². The van der Waals surface area contributed by atoms with Crippen molar-refractivity contribution in [3.63, 3.8) is 0 Å². The summed E-state index contributed by atoms with van der Waals surface area (Å²) in [5.41, 5.74) is 4.01. The average Bonchev–Trinajstić information content (AvgIpc) is 2.88. The summed E-state index contributed by atoms with van der Waals surface area (Å²) in [6, 6.07) is 7.40. The summed E-state index contributed by atoms with van der Waals surface area (Å²) in [5, 5.41) is 3.63. The molecule has 3 nitrogen and oxygen atoms in total. The number of ether oxygens (including phenoxy) is 1. The van der Waals surface area contributed by atoms with Gasteiger partial charge in [0.25, 0.3) is 0 Å². The first-order valence-electron chi connectivity index (χ1n) is 7.41. The Bertz CT molecular complexity index is 434. The van der Waals surface area contributed by atoms with Crippen molar-refractivity contribution in [2.75, 3.05) is 30.4 Å². The molecule has 2 fully saturated rings. The highest BCUT2D eigenvalue weighted by Gasteiger charge is 2.29. The van der Waals surface area contributed by atoms with Gasteiger partial charge >= 0.3 is 0 Å². The Morgan fingerprint density at radius 3 is 2.58 bits per heavy atom. The van der Waals surface area contributed by atoms with Crippen molar-refractivity contribution in [1.29, 1.82) is 0 Å². The van der Waals surface area contributed by atoms with Crippen LogP contribution in [0.5, 0.6) is 0 Å². The number of nitrogens with zero attached hydrogens (tertiary/aromatic N) is 1. The minimum atomic E-state index is 0.460. The van der Waals surface area contributed by atoms with Crippen LogP contribution >= 0.6 is 0 Å². The molecule has 3 heteroatoms. The predicted octanol–water partition coefficient (Wildman–Crippen LogP) is 3.18. The van der Waals surface area contributed by atoms with E-state index in [4.69, 9.17) is 4.74 Å². The van der Waals surface area contributed by atoms with E-state index < -0.39 is 0 Å². The van der Waals surface area contributed by atoms with Gasteiger partial charge in [-0.2, -0.15) is 0 Å². The molecule has 1 aromatic rings. The van der Waals surface area contributed by atoms with E-state index in [9.17, 15) is 0 Å². The van der Waals surface area contributed by atoms with Crippen LogP contribution in [-0.4, -0.2) is 32.3 Å². The van der Waals surface area contributed by atoms with Crippen molar-refractivity contribution in [3.8, 4) is 0 Å². The van der Waals surface area contributed by atoms with Crippen molar-refractivity contribution in [2.24, 2.45) is 0 Å². The molecule has 0 atom stereocenters. The van der Waals surface area contributed by atoms with Gasteiger partial charge in [-0.25, -0.2) is 0 Å². The maximum absolute atomic E-state index is 5.32. The third-order valence-corrected chi connectivity index (χ3v) is 4.47. The molecule has 1 N–H and O–H groups in total. The third kappa shape index (κ3) is 2.71. The van der Waals surface area contributed by atoms with Crippen molar-refractivity contribution >= 4 is 11.4 Å². The Labute approximate surface area is 115 Å². The van der Waals surface area contributed by atoms with Gasteiger partial charge in [-0.3, -0.25) is 0 Å². The van der Waals surface area contributed by atoms with E-state index in [1.807, 2.05) is 0 Å². The zero-order chi connectivity index (χ0) is 13.2. The van der Waals surface area contributed by atoms with Gasteiger partial charge < -0.3 is 15.0 Å². The van der Waals surface area contributed by atoms with E-state index >= 15 is 0 Å². The third-order valence-electron chi connectivity index (χ3n) is 4.47. The number of benzene rings is 1. The quantitative estimate of drug-likeness (QED) is 0.900. The standard InChI is InChI=1S/C16H24N2O/c1-12-9-14(18-7-3-4-8-18)5-6-16(12)17-13-10-15(11-13)19-2/h5-6,9,13,15,17H,3-4,7-8,10-11H2,1-2H3. The van der Waals surface area contributed by atoms with Crippen LogP contribution in [0.4, 0.5) is 11.4 Å². The SMILES string of the molecule is COC1CC(Nc2ccc(N3CCCC3)cc2C)C1. The molecular weight excluding hydrogens is 236 g/mol. The largest absolute Gasteiger partial charge is 0.382 e. The minimum Gasteiger partial charge on any atom is -0.382 e. The van der Waals surface area contributed by atoms with E-state index in [0.29, 0.717) is 12.1 Å². The molecule has 0 bridgehead atoms. The lowest BCUT2D eigenvalue weighted by molar-refractivity contribution is 0.0328. The number of rotatable bonds is 4. The molecule has 3 rings (SSSR count). The molecule has 1 saturated heterocycles. The maximum Gasteiger partial charge on any atom is 0.0610 e. The number of nitrogens with one attached hydrogen (secondary N) is 1. The van der Waals surface area contributed by atoms with Gasteiger partial charge in [0.1, 0.15) is 0 Å². The van der Waals surface area contributed by atoms with Crippen molar-refractivity contribution in [1.82, 2.24) is 0 Å². The van der Waals surface area contributed by atoms with Crippen molar-refractivity contribution in [3.05, 3.63) is 23.8 Å². The zero-order valence-electron chi connectivity index (χ0n) is 12.0. The summed E-state index contributed by atoms with van der Waals surface area (Å²) < 4.78 is 5.32. The number of hydrogen-bond acceptors (Lipinski definition) is 3. The predicted molar refractivity (Wildman–Crippen MR) is 80.1 cm³/mol. The highest BCUT2D eigenvalue weighted by molar-refractivity contribution is 5.61. The number of aryl methyl sites for hydroxylation is 1. The fourth-order valence-electron chi connectivity index (χ4n) is 3.08. The summed E-state index contributed by atoms with van der Waals surface area (Å²) >= 11 is 0. The lowest BCUT2D eigenvalue weighted by Crippen LogP contribution is -2.40. The molecule has 1 aliphatic carbocycles. The Kier molecular flexibility index (Phi) is 3.65. The molecule has 1 aromatic carbocycles. The lowest BCUT2D eigenvalue weighted by Gasteiger charge is -2.35. The van der Waals surface area contributed by atoms with Crippen LogP contribution in [0.15, 0.2) is 18.2 Å². The molecule has 1 saturated carbocycles. The fraction of sp³-hybridized carbons (Fsp3) is 0.625. The Balaban J connectivity index is 1.63. The molecule has 0 aromatic heterocycles. The van der Waals surface area contributed by atoms with Gasteiger partial charge in [-0.15, -0.1) is 0 Å². The number of methoxy groups -OCH3 is 1. The van der Waals surface area contributed by atoms with E-state index in [0.717, 1.165) is 12.8 Å². The van der Waals surface area contributed by atoms with Crippen LogP contribution in [0.2, 0.25) is 0 Å². The molecular formula is C16H24N2O. The Morgan fingerprint density at radius 1 is 1.21 bits per heavy atom. The second-order valence-electron chi connectivity index (χ2n) is 5.86. The van der Waals surface area contributed by atoms with Gasteiger partial charge in [0.2, 0.25) is 0 Å². The van der Waals surface area contributed by atoms with E-state index in [-0.39, 0.29) is 0 Å². The first-order valence-corrected chi connectivity index (χ1v) is 7.41. The Hall–Kier alpha value is -1.22. The van der Waals surface area contributed by atoms with E-state index in [1.54, 1.807) is 7.11 Å². The van der Waals surface area contributed by atoms with Crippen LogP contribution in [-0.2, 0) is 4.74 Å². The number of hydrogen-bond donors (Lipinski definition) is 1. The molecule has 2 aliphatic rings. The first-order chi connectivity index (χ1) is 9.26. The molecule has 1 heterocycles. The van der Waals surface area contributed by atoms with Gasteiger partial charge in [0.05, 0.1) is 6.10 Å². The minimum absolute atomic E-state index is 0.460. The normalized spacial score (nSPS) is 26.3. The van der Waals surface area contributed by atoms with E-state index in [2.05, 4.69) is 35.3 Å². The smallest absolute Gasteiger partial charge is 0.0610 e. The second kappa shape index (κ2) is 5.41. The fourth-order valence-corrected chi connectivity index (χ4v) is 3.08. The Morgan fingerprint density at radius 2 is 1.95 bits per heavy atom. The molecule has 0 amide bonds. The molecule has 1 aliphatic heterocycles. The maximum atomic E-state index is 5.32. The lowest BCUT2D eigenvalue weighted by atomic mass is 9.89. The van der Waals surface area contributed by atoms with Gasteiger partial charge in [-0.1, -0.05) is 0 Å². The summed E-state index contributed by atoms with van der Waals surface area (Å²) in [7, 11) is 1.80. The summed E-state index contributed by atoms with van der Waals surface area (Å²) in [5.74, 6) is 0. The van der Waals surface area contributed by atoms with Crippen LogP contribution in [0.3, 0.4) is 0 Å². The molecule has 0 unspecified atom stereocenters. The summed E-state index contributed by atoms with van der Waals surface area (Å²) in [6.45, 7) is 4.63. The first kappa shape index (κ1) is 12.8. The highest BCUT2D eigenvalue weighted by atomic mass is 16.5. The van der Waals surface area contributed by atoms with Gasteiger partial charge in [0, 0.05) is 37.6 Å². The van der Waals surface area contributed by atoms with Crippen LogP contribution < -0.4 is 10.2 Å². The van der Waals surface area contributed by atoms with Crippen molar-refractivity contribution < 1.29 is 4.74 Å². The zero-order valence-corrected chi connectivity index (χ0v) is 12.0. The average molecular weight is 260 g/mol.